The summed E-state index contributed by atoms with van der Waals surface area (Å²) in [6, 6.07) is 0. The molecule has 0 radical (unpaired) electrons. The van der Waals surface area contributed by atoms with Gasteiger partial charge in [-0.3, -0.25) is 0 Å². The van der Waals surface area contributed by atoms with Crippen molar-refractivity contribution in [2.45, 2.75) is 41.0 Å². The van der Waals surface area contributed by atoms with Crippen LogP contribution in [0.1, 0.15) is 41.0 Å². The normalized spacial score (nSPS) is 9.68. The van der Waals surface area contributed by atoms with Gasteiger partial charge in [0.25, 0.3) is 0 Å². The van der Waals surface area contributed by atoms with Gasteiger partial charge >= 0.3 is 0 Å². The van der Waals surface area contributed by atoms with E-state index in [9.17, 15) is 0 Å². The Morgan fingerprint density at radius 3 is 1.41 bits per heavy atom. The van der Waals surface area contributed by atoms with Crippen LogP contribution >= 0.6 is 0 Å². The Hall–Kier alpha value is -2.08. The summed E-state index contributed by atoms with van der Waals surface area (Å²) < 4.78 is 0. The predicted molar refractivity (Wildman–Crippen MR) is 107 cm³/mol. The molecule has 0 spiro atoms. The van der Waals surface area contributed by atoms with Crippen molar-refractivity contribution in [1.82, 2.24) is 0 Å². The third kappa shape index (κ3) is 14.3. The maximum absolute atomic E-state index is 3.96. The zero-order valence-corrected chi connectivity index (χ0v) is 15.3. The first kappa shape index (κ1) is 24.9. The van der Waals surface area contributed by atoms with Crippen molar-refractivity contribution in [2.75, 3.05) is 0 Å². The Labute approximate surface area is 139 Å². The molecule has 0 aliphatic rings. The van der Waals surface area contributed by atoms with Gasteiger partial charge < -0.3 is 0 Å². The minimum atomic E-state index is 0.849. The number of hydrogen-bond donors (Lipinski definition) is 0. The quantitative estimate of drug-likeness (QED) is 0.406. The highest BCUT2D eigenvalue weighted by Gasteiger charge is 1.94. The zero-order valence-electron chi connectivity index (χ0n) is 15.3. The lowest BCUT2D eigenvalue weighted by atomic mass is 10.0. The van der Waals surface area contributed by atoms with Crippen LogP contribution in [0.25, 0.3) is 0 Å². The highest BCUT2D eigenvalue weighted by Crippen LogP contribution is 2.13. The molecule has 122 valence electrons. The van der Waals surface area contributed by atoms with E-state index in [0.29, 0.717) is 0 Å². The van der Waals surface area contributed by atoms with Crippen LogP contribution in [0.15, 0.2) is 97.7 Å². The summed E-state index contributed by atoms with van der Waals surface area (Å²) in [4.78, 5) is 0. The molecule has 0 aliphatic heterocycles. The summed E-state index contributed by atoms with van der Waals surface area (Å²) in [5, 5.41) is 0. The van der Waals surface area contributed by atoms with E-state index in [-0.39, 0.29) is 0 Å². The predicted octanol–water partition coefficient (Wildman–Crippen LogP) is 7.53. The SMILES string of the molecule is C=C/C=C\C(=C)C(=C)/C=C\C(=C)C(=C)/C=C\CC.CC.CC. The molecule has 0 heteroatoms. The number of rotatable bonds is 8. The first-order chi connectivity index (χ1) is 10.5. The largest absolute Gasteiger partial charge is 0.0991 e. The molecule has 0 atom stereocenters. The van der Waals surface area contributed by atoms with Crippen LogP contribution < -0.4 is 0 Å². The molecular formula is C22H34. The molecule has 0 N–H and O–H groups in total. The van der Waals surface area contributed by atoms with E-state index in [1.165, 1.54) is 0 Å². The number of allylic oxidation sites excluding steroid dienone is 11. The van der Waals surface area contributed by atoms with E-state index >= 15 is 0 Å². The Bertz CT molecular complexity index is 437. The van der Waals surface area contributed by atoms with Crippen LogP contribution in [0, 0.1) is 0 Å². The fourth-order valence-corrected chi connectivity index (χ4v) is 1.07. The average molecular weight is 299 g/mol. The van der Waals surface area contributed by atoms with Crippen molar-refractivity contribution in [3.05, 3.63) is 97.7 Å². The Balaban J connectivity index is -0.000000826. The Morgan fingerprint density at radius 1 is 0.682 bits per heavy atom. The lowest BCUT2D eigenvalue weighted by Gasteiger charge is -2.01. The molecule has 0 amide bonds. The van der Waals surface area contributed by atoms with Crippen molar-refractivity contribution in [1.29, 1.82) is 0 Å². The third-order valence-electron chi connectivity index (χ3n) is 2.30. The van der Waals surface area contributed by atoms with Crippen molar-refractivity contribution in [3.63, 3.8) is 0 Å². The Kier molecular flexibility index (Phi) is 21.4. The summed E-state index contributed by atoms with van der Waals surface area (Å²) >= 11 is 0. The molecule has 0 nitrogen and oxygen atoms in total. The van der Waals surface area contributed by atoms with Crippen LogP contribution in [-0.2, 0) is 0 Å². The fourth-order valence-electron chi connectivity index (χ4n) is 1.07. The van der Waals surface area contributed by atoms with Gasteiger partial charge in [-0.05, 0) is 28.7 Å². The minimum Gasteiger partial charge on any atom is -0.0991 e. The van der Waals surface area contributed by atoms with Gasteiger partial charge in [0.1, 0.15) is 0 Å². The lowest BCUT2D eigenvalue weighted by molar-refractivity contribution is 1.22. The molecule has 0 fully saturated rings. The molecule has 0 aromatic rings. The summed E-state index contributed by atoms with van der Waals surface area (Å²) in [6.07, 6.45) is 14.2. The maximum Gasteiger partial charge on any atom is -0.0262 e. The van der Waals surface area contributed by atoms with Gasteiger partial charge in [-0.2, -0.15) is 0 Å². The van der Waals surface area contributed by atoms with Crippen LogP contribution in [0.4, 0.5) is 0 Å². The van der Waals surface area contributed by atoms with Crippen LogP contribution in [0.3, 0.4) is 0 Å². The second kappa shape index (κ2) is 18.9. The molecule has 0 bridgehead atoms. The third-order valence-corrected chi connectivity index (χ3v) is 2.30. The molecular weight excluding hydrogens is 264 g/mol. The molecule has 0 unspecified atom stereocenters. The zero-order chi connectivity index (χ0) is 18.0. The van der Waals surface area contributed by atoms with Gasteiger partial charge in [0.15, 0.2) is 0 Å². The standard InChI is InChI=1S/C18H22.2C2H6/c1-7-9-11-15(3)17(5)13-14-18(6)16(4)12-10-8-2;2*1-2/h7,9-14H,1,3-6,8H2,2H3;2*1-2H3/b11-9-,12-10-,14-13-;;. The van der Waals surface area contributed by atoms with Gasteiger partial charge in [0.05, 0.1) is 0 Å². The van der Waals surface area contributed by atoms with E-state index < -0.39 is 0 Å². The number of hydrogen-bond acceptors (Lipinski definition) is 0. The first-order valence-electron chi connectivity index (χ1n) is 7.93. The van der Waals surface area contributed by atoms with Crippen LogP contribution in [0.2, 0.25) is 0 Å². The second-order valence-corrected chi connectivity index (χ2v) is 3.84. The smallest absolute Gasteiger partial charge is 0.0262 e. The molecule has 0 aliphatic carbocycles. The molecule has 0 aromatic heterocycles. The van der Waals surface area contributed by atoms with Crippen LogP contribution in [-0.4, -0.2) is 0 Å². The highest BCUT2D eigenvalue weighted by atomic mass is 14.0. The maximum atomic E-state index is 3.96. The van der Waals surface area contributed by atoms with Crippen molar-refractivity contribution in [3.8, 4) is 0 Å². The molecule has 22 heavy (non-hydrogen) atoms. The van der Waals surface area contributed by atoms with E-state index in [1.54, 1.807) is 6.08 Å². The molecule has 0 saturated heterocycles. The summed E-state index contributed by atoms with van der Waals surface area (Å²) in [6.45, 7) is 29.5. The average Bonchev–Trinajstić information content (AvgIpc) is 2.58. The van der Waals surface area contributed by atoms with Crippen LogP contribution in [0.5, 0.6) is 0 Å². The van der Waals surface area contributed by atoms with E-state index in [1.807, 2.05) is 58.1 Å². The van der Waals surface area contributed by atoms with Gasteiger partial charge in [0, 0.05) is 0 Å². The van der Waals surface area contributed by atoms with Crippen molar-refractivity contribution in [2.24, 2.45) is 0 Å². The Morgan fingerprint density at radius 2 is 1.05 bits per heavy atom. The summed E-state index contributed by atoms with van der Waals surface area (Å²) in [7, 11) is 0. The van der Waals surface area contributed by atoms with Gasteiger partial charge in [-0.25, -0.2) is 0 Å². The molecule has 0 saturated carbocycles. The molecule has 0 rings (SSSR count). The lowest BCUT2D eigenvalue weighted by Crippen LogP contribution is -1.81. The topological polar surface area (TPSA) is 0 Å². The van der Waals surface area contributed by atoms with Crippen molar-refractivity contribution < 1.29 is 0 Å². The minimum absolute atomic E-state index is 0.849. The molecule has 0 aromatic carbocycles. The second-order valence-electron chi connectivity index (χ2n) is 3.84. The van der Waals surface area contributed by atoms with Crippen molar-refractivity contribution >= 4 is 0 Å². The summed E-state index contributed by atoms with van der Waals surface area (Å²) in [5.41, 5.74) is 3.49. The highest BCUT2D eigenvalue weighted by molar-refractivity contribution is 5.49. The van der Waals surface area contributed by atoms with E-state index in [2.05, 4.69) is 45.9 Å². The monoisotopic (exact) mass is 298 g/mol. The van der Waals surface area contributed by atoms with Gasteiger partial charge in [-0.15, -0.1) is 0 Å². The van der Waals surface area contributed by atoms with Gasteiger partial charge in [0.2, 0.25) is 0 Å². The van der Waals surface area contributed by atoms with Gasteiger partial charge in [-0.1, -0.05) is 110 Å². The molecule has 0 heterocycles. The summed E-state index contributed by atoms with van der Waals surface area (Å²) in [5.74, 6) is 0. The van der Waals surface area contributed by atoms with E-state index in [0.717, 1.165) is 28.7 Å². The fraction of sp³-hybridized carbons (Fsp3) is 0.273. The first-order valence-corrected chi connectivity index (χ1v) is 7.93. The van der Waals surface area contributed by atoms with E-state index in [4.69, 9.17) is 0 Å².